The Balaban J connectivity index is 1.85. The number of hydrogen-bond acceptors (Lipinski definition) is 5. The summed E-state index contributed by atoms with van der Waals surface area (Å²) in [7, 11) is 0. The van der Waals surface area contributed by atoms with Crippen LogP contribution < -0.4 is 10.9 Å². The molecule has 0 unspecified atom stereocenters. The van der Waals surface area contributed by atoms with Gasteiger partial charge in [-0.2, -0.15) is 0 Å². The first kappa shape index (κ1) is 17.8. The van der Waals surface area contributed by atoms with Crippen molar-refractivity contribution in [2.75, 3.05) is 5.32 Å². The summed E-state index contributed by atoms with van der Waals surface area (Å²) in [5, 5.41) is 22.8. The fourth-order valence-corrected chi connectivity index (χ4v) is 2.61. The van der Waals surface area contributed by atoms with Crippen molar-refractivity contribution in [3.05, 3.63) is 80.6 Å². The van der Waals surface area contributed by atoms with Crippen LogP contribution in [0.1, 0.15) is 10.4 Å². The van der Waals surface area contributed by atoms with E-state index in [9.17, 15) is 24.5 Å². The molecular weight excluding hydrogens is 354 g/mol. The van der Waals surface area contributed by atoms with E-state index < -0.39 is 22.4 Å². The van der Waals surface area contributed by atoms with E-state index in [1.165, 1.54) is 59.2 Å². The summed E-state index contributed by atoms with van der Waals surface area (Å²) >= 11 is 0. The lowest BCUT2D eigenvalue weighted by atomic mass is 10.2. The normalized spacial score (nSPS) is 10.5. The number of aromatic carboxylic acids is 1. The Labute approximate surface area is 151 Å². The second-order valence-corrected chi connectivity index (χ2v) is 5.69. The number of hydrogen-bond donors (Lipinski definition) is 2. The van der Waals surface area contributed by atoms with E-state index in [1.54, 1.807) is 0 Å². The van der Waals surface area contributed by atoms with E-state index in [1.807, 2.05) is 0 Å². The highest BCUT2D eigenvalue weighted by atomic mass is 16.6. The molecule has 1 aromatic heterocycles. The van der Waals surface area contributed by atoms with Crippen LogP contribution in [-0.4, -0.2) is 26.5 Å². The number of carboxylic acid groups (broad SMARTS) is 1. The average Bonchev–Trinajstić information content (AvgIpc) is 2.64. The molecule has 0 bridgehead atoms. The van der Waals surface area contributed by atoms with Gasteiger partial charge in [-0.3, -0.25) is 24.3 Å². The molecule has 136 valence electrons. The van der Waals surface area contributed by atoms with E-state index >= 15 is 0 Å². The molecule has 0 spiro atoms. The van der Waals surface area contributed by atoms with Crippen LogP contribution in [0.15, 0.2) is 59.4 Å². The fraction of sp³-hybridized carbons (Fsp3) is 0.0556. The van der Waals surface area contributed by atoms with Gasteiger partial charge in [0.1, 0.15) is 6.54 Å². The molecule has 0 fully saturated rings. The van der Waals surface area contributed by atoms with Gasteiger partial charge >= 0.3 is 5.97 Å². The quantitative estimate of drug-likeness (QED) is 0.525. The Morgan fingerprint density at radius 2 is 1.78 bits per heavy atom. The molecular formula is C18H13N3O6. The van der Waals surface area contributed by atoms with E-state index in [-0.39, 0.29) is 17.8 Å². The Morgan fingerprint density at radius 3 is 2.41 bits per heavy atom. The summed E-state index contributed by atoms with van der Waals surface area (Å²) in [6, 6.07) is 12.3. The third-order valence-electron chi connectivity index (χ3n) is 3.90. The zero-order valence-electron chi connectivity index (χ0n) is 13.8. The number of carbonyl (C=O) groups excluding carboxylic acids is 1. The number of nitrogens with one attached hydrogen (secondary N) is 1. The molecule has 1 amide bonds. The number of nitrogens with zero attached hydrogens (tertiary/aromatic N) is 2. The zero-order chi connectivity index (χ0) is 19.6. The Bertz CT molecular complexity index is 1120. The zero-order valence-corrected chi connectivity index (χ0v) is 13.8. The van der Waals surface area contributed by atoms with Crippen molar-refractivity contribution in [1.82, 2.24) is 4.57 Å². The number of benzene rings is 2. The van der Waals surface area contributed by atoms with Gasteiger partial charge in [0.15, 0.2) is 0 Å². The average molecular weight is 367 g/mol. The summed E-state index contributed by atoms with van der Waals surface area (Å²) in [4.78, 5) is 45.6. The molecule has 0 saturated heterocycles. The number of anilines is 1. The second-order valence-electron chi connectivity index (χ2n) is 5.69. The van der Waals surface area contributed by atoms with Crippen LogP contribution in [0.25, 0.3) is 10.9 Å². The van der Waals surface area contributed by atoms with Crippen LogP contribution in [0.2, 0.25) is 0 Å². The van der Waals surface area contributed by atoms with Crippen LogP contribution in [0.5, 0.6) is 0 Å². The molecule has 2 N–H and O–H groups in total. The topological polar surface area (TPSA) is 132 Å². The molecule has 0 aliphatic rings. The number of aromatic nitrogens is 1. The number of nitro groups is 1. The van der Waals surface area contributed by atoms with Crippen molar-refractivity contribution in [3.8, 4) is 0 Å². The molecule has 2 aromatic carbocycles. The SMILES string of the molecule is O=C(Cn1c(=O)ccc2cc([N+](=O)[O-])ccc21)Nc1ccc(C(=O)O)cc1. The van der Waals surface area contributed by atoms with Gasteiger partial charge in [-0.05, 0) is 36.4 Å². The summed E-state index contributed by atoms with van der Waals surface area (Å²) in [5.41, 5.74) is 0.321. The third kappa shape index (κ3) is 3.82. The van der Waals surface area contributed by atoms with Crippen molar-refractivity contribution in [2.24, 2.45) is 0 Å². The van der Waals surface area contributed by atoms with Gasteiger partial charge in [-0.15, -0.1) is 0 Å². The smallest absolute Gasteiger partial charge is 0.335 e. The van der Waals surface area contributed by atoms with E-state index in [0.29, 0.717) is 16.6 Å². The Kier molecular flexibility index (Phi) is 4.67. The number of pyridine rings is 1. The van der Waals surface area contributed by atoms with Gasteiger partial charge < -0.3 is 10.4 Å². The highest BCUT2D eigenvalue weighted by molar-refractivity contribution is 5.93. The van der Waals surface area contributed by atoms with Gasteiger partial charge in [0.2, 0.25) is 5.91 Å². The first-order valence-corrected chi connectivity index (χ1v) is 7.76. The number of nitro benzene ring substituents is 1. The summed E-state index contributed by atoms with van der Waals surface area (Å²) in [5.74, 6) is -1.57. The minimum Gasteiger partial charge on any atom is -0.478 e. The predicted molar refractivity (Wildman–Crippen MR) is 96.9 cm³/mol. The second kappa shape index (κ2) is 7.08. The maximum Gasteiger partial charge on any atom is 0.335 e. The lowest BCUT2D eigenvalue weighted by Gasteiger charge is -2.10. The number of rotatable bonds is 5. The number of carbonyl (C=O) groups is 2. The maximum absolute atomic E-state index is 12.3. The molecule has 0 saturated carbocycles. The molecule has 0 aliphatic heterocycles. The summed E-state index contributed by atoms with van der Waals surface area (Å²) < 4.78 is 1.21. The Morgan fingerprint density at radius 1 is 1.07 bits per heavy atom. The van der Waals surface area contributed by atoms with Crippen LogP contribution >= 0.6 is 0 Å². The summed E-state index contributed by atoms with van der Waals surface area (Å²) in [6.45, 7) is -0.297. The van der Waals surface area contributed by atoms with E-state index in [2.05, 4.69) is 5.32 Å². The molecule has 0 aliphatic carbocycles. The van der Waals surface area contributed by atoms with Crippen LogP contribution in [-0.2, 0) is 11.3 Å². The predicted octanol–water partition coefficient (Wildman–Crippen LogP) is 2.25. The lowest BCUT2D eigenvalue weighted by Crippen LogP contribution is -2.27. The van der Waals surface area contributed by atoms with Crippen LogP contribution in [0, 0.1) is 10.1 Å². The van der Waals surface area contributed by atoms with Gasteiger partial charge in [0.05, 0.1) is 16.0 Å². The molecule has 0 radical (unpaired) electrons. The highest BCUT2D eigenvalue weighted by Gasteiger charge is 2.12. The highest BCUT2D eigenvalue weighted by Crippen LogP contribution is 2.19. The van der Waals surface area contributed by atoms with Gasteiger partial charge in [-0.1, -0.05) is 0 Å². The van der Waals surface area contributed by atoms with Crippen molar-refractivity contribution in [3.63, 3.8) is 0 Å². The molecule has 3 rings (SSSR count). The number of amides is 1. The van der Waals surface area contributed by atoms with Gasteiger partial charge in [0.25, 0.3) is 11.2 Å². The molecule has 9 heteroatoms. The van der Waals surface area contributed by atoms with Gasteiger partial charge in [0, 0.05) is 29.3 Å². The number of carboxylic acids is 1. The first-order chi connectivity index (χ1) is 12.8. The lowest BCUT2D eigenvalue weighted by molar-refractivity contribution is -0.384. The van der Waals surface area contributed by atoms with Gasteiger partial charge in [-0.25, -0.2) is 4.79 Å². The van der Waals surface area contributed by atoms with Crippen LogP contribution in [0.4, 0.5) is 11.4 Å². The van der Waals surface area contributed by atoms with Crippen molar-refractivity contribution < 1.29 is 19.6 Å². The van der Waals surface area contributed by atoms with Crippen LogP contribution in [0.3, 0.4) is 0 Å². The third-order valence-corrected chi connectivity index (χ3v) is 3.90. The molecule has 0 atom stereocenters. The summed E-state index contributed by atoms with van der Waals surface area (Å²) in [6.07, 6.45) is 0. The minimum absolute atomic E-state index is 0.0832. The van der Waals surface area contributed by atoms with Crippen molar-refractivity contribution >= 4 is 34.2 Å². The standard InChI is InChI=1S/C18H13N3O6/c22-16(19-13-4-1-11(2-5-13)18(24)25)10-20-15-7-6-14(21(26)27)9-12(15)3-8-17(20)23/h1-9H,10H2,(H,19,22)(H,24,25). The minimum atomic E-state index is -1.08. The molecule has 9 nitrogen and oxygen atoms in total. The van der Waals surface area contributed by atoms with E-state index in [0.717, 1.165) is 0 Å². The van der Waals surface area contributed by atoms with Crippen molar-refractivity contribution in [2.45, 2.75) is 6.54 Å². The first-order valence-electron chi connectivity index (χ1n) is 7.76. The monoisotopic (exact) mass is 367 g/mol. The Hall–Kier alpha value is -4.01. The van der Waals surface area contributed by atoms with Crippen molar-refractivity contribution in [1.29, 1.82) is 0 Å². The molecule has 3 aromatic rings. The fourth-order valence-electron chi connectivity index (χ4n) is 2.61. The number of fused-ring (bicyclic) bond motifs is 1. The maximum atomic E-state index is 12.3. The molecule has 27 heavy (non-hydrogen) atoms. The van der Waals surface area contributed by atoms with E-state index in [4.69, 9.17) is 5.11 Å². The largest absolute Gasteiger partial charge is 0.478 e. The number of non-ortho nitro benzene ring substituents is 1. The molecule has 1 heterocycles.